The maximum atomic E-state index is 11.7. The van der Waals surface area contributed by atoms with Gasteiger partial charge in [0.25, 0.3) is 0 Å². The van der Waals surface area contributed by atoms with Crippen molar-refractivity contribution in [1.82, 2.24) is 29.7 Å². The number of hydrogen-bond donors (Lipinski definition) is 1. The molecular formula is C28H34ClN7O3. The van der Waals surface area contributed by atoms with Gasteiger partial charge in [-0.05, 0) is 43.7 Å². The number of hydrogen-bond acceptors (Lipinski definition) is 8. The lowest BCUT2D eigenvalue weighted by molar-refractivity contribution is 0.0787. The molecule has 2 aliphatic rings. The number of halogens is 1. The molecule has 0 bridgehead atoms. The molecule has 0 aromatic carbocycles. The highest BCUT2D eigenvalue weighted by Gasteiger charge is 2.29. The van der Waals surface area contributed by atoms with Crippen LogP contribution in [0.2, 0.25) is 5.02 Å². The number of anilines is 1. The molecule has 1 saturated carbocycles. The number of ether oxygens (including phenoxy) is 1. The van der Waals surface area contributed by atoms with Crippen molar-refractivity contribution in [3.63, 3.8) is 0 Å². The van der Waals surface area contributed by atoms with Crippen LogP contribution in [0.25, 0.3) is 33.8 Å². The quantitative estimate of drug-likeness (QED) is 0.313. The molecule has 1 aliphatic carbocycles. The highest BCUT2D eigenvalue weighted by atomic mass is 35.5. The SMILES string of the molecule is CCOC1CCN(c2nc3cc(-c4noc(=O)[nH]4)nc(-c4cncc(Cl)c4)c3n2CCC2CCC(C)CC2)C1. The fourth-order valence-corrected chi connectivity index (χ4v) is 6.19. The molecule has 0 amide bonds. The lowest BCUT2D eigenvalue weighted by Crippen LogP contribution is -2.26. The monoisotopic (exact) mass is 551 g/mol. The van der Waals surface area contributed by atoms with E-state index in [1.54, 1.807) is 12.4 Å². The first-order valence-corrected chi connectivity index (χ1v) is 14.3. The van der Waals surface area contributed by atoms with E-state index < -0.39 is 5.76 Å². The van der Waals surface area contributed by atoms with Gasteiger partial charge in [0.15, 0.2) is 0 Å². The molecule has 1 atom stereocenters. The minimum Gasteiger partial charge on any atom is -0.377 e. The summed E-state index contributed by atoms with van der Waals surface area (Å²) in [6.07, 6.45) is 10.7. The van der Waals surface area contributed by atoms with E-state index in [4.69, 9.17) is 30.8 Å². The number of imidazole rings is 1. The average Bonchev–Trinajstić information content (AvgIpc) is 3.66. The summed E-state index contributed by atoms with van der Waals surface area (Å²) in [6, 6.07) is 3.72. The third kappa shape index (κ3) is 5.45. The van der Waals surface area contributed by atoms with Crippen LogP contribution < -0.4 is 10.7 Å². The molecule has 1 N–H and O–H groups in total. The summed E-state index contributed by atoms with van der Waals surface area (Å²) in [5.41, 5.74) is 3.62. The van der Waals surface area contributed by atoms with Crippen LogP contribution in [0.15, 0.2) is 33.8 Å². The second kappa shape index (κ2) is 11.1. The summed E-state index contributed by atoms with van der Waals surface area (Å²) < 4.78 is 13.0. The van der Waals surface area contributed by atoms with E-state index >= 15 is 0 Å². The van der Waals surface area contributed by atoms with E-state index in [9.17, 15) is 4.79 Å². The summed E-state index contributed by atoms with van der Waals surface area (Å²) in [5.74, 6) is 2.05. The second-order valence-electron chi connectivity index (χ2n) is 10.8. The van der Waals surface area contributed by atoms with E-state index in [0.29, 0.717) is 28.9 Å². The van der Waals surface area contributed by atoms with Gasteiger partial charge < -0.3 is 14.2 Å². The van der Waals surface area contributed by atoms with Crippen LogP contribution in [0.1, 0.15) is 52.4 Å². The minimum atomic E-state index is -0.634. The van der Waals surface area contributed by atoms with Gasteiger partial charge in [-0.3, -0.25) is 14.5 Å². The molecule has 4 aromatic rings. The first-order valence-electron chi connectivity index (χ1n) is 13.9. The van der Waals surface area contributed by atoms with Gasteiger partial charge in [0.05, 0.1) is 27.9 Å². The molecule has 39 heavy (non-hydrogen) atoms. The molecule has 1 saturated heterocycles. The number of aromatic amines is 1. The zero-order valence-electron chi connectivity index (χ0n) is 22.4. The molecule has 1 unspecified atom stereocenters. The Morgan fingerprint density at radius 3 is 2.74 bits per heavy atom. The van der Waals surface area contributed by atoms with Gasteiger partial charge in [0.1, 0.15) is 5.69 Å². The fraction of sp³-hybridized carbons (Fsp3) is 0.536. The molecule has 206 valence electrons. The van der Waals surface area contributed by atoms with Crippen LogP contribution in [-0.4, -0.2) is 55.5 Å². The molecule has 6 rings (SSSR count). The van der Waals surface area contributed by atoms with Crippen LogP contribution in [0.5, 0.6) is 0 Å². The Morgan fingerprint density at radius 2 is 2.00 bits per heavy atom. The topological polar surface area (TPSA) is 115 Å². The molecule has 2 fully saturated rings. The minimum absolute atomic E-state index is 0.189. The summed E-state index contributed by atoms with van der Waals surface area (Å²) in [6.45, 7) is 7.60. The lowest BCUT2D eigenvalue weighted by Gasteiger charge is -2.27. The van der Waals surface area contributed by atoms with Crippen molar-refractivity contribution in [1.29, 1.82) is 0 Å². The standard InChI is InChI=1S/C28H34ClN7O3/c1-3-38-21-9-10-35(16-21)27-32-22-13-23(26-33-28(37)39-34-26)31-24(19-12-20(29)15-30-14-19)25(22)36(27)11-8-18-6-4-17(2)5-7-18/h12-15,17-18,21H,3-11,16H2,1-2H3,(H,33,34,37). The Morgan fingerprint density at radius 1 is 1.15 bits per heavy atom. The first-order chi connectivity index (χ1) is 19.0. The molecule has 11 heteroatoms. The van der Waals surface area contributed by atoms with Crippen molar-refractivity contribution in [3.8, 4) is 22.8 Å². The zero-order chi connectivity index (χ0) is 26.9. The summed E-state index contributed by atoms with van der Waals surface area (Å²) >= 11 is 6.37. The van der Waals surface area contributed by atoms with E-state index in [-0.39, 0.29) is 11.9 Å². The van der Waals surface area contributed by atoms with Crippen molar-refractivity contribution in [2.45, 2.75) is 65.0 Å². The van der Waals surface area contributed by atoms with Gasteiger partial charge in [-0.2, -0.15) is 0 Å². The number of aromatic nitrogens is 6. The Labute approximate surface area is 231 Å². The maximum Gasteiger partial charge on any atom is 0.439 e. The summed E-state index contributed by atoms with van der Waals surface area (Å²) in [5, 5.41) is 4.40. The first kappa shape index (κ1) is 26.0. The number of fused-ring (bicyclic) bond motifs is 1. The second-order valence-corrected chi connectivity index (χ2v) is 11.3. The van der Waals surface area contributed by atoms with Gasteiger partial charge >= 0.3 is 5.76 Å². The molecule has 10 nitrogen and oxygen atoms in total. The van der Waals surface area contributed by atoms with Crippen molar-refractivity contribution >= 4 is 28.6 Å². The molecule has 0 spiro atoms. The van der Waals surface area contributed by atoms with Gasteiger partial charge in [-0.15, -0.1) is 0 Å². The van der Waals surface area contributed by atoms with Crippen LogP contribution in [0.3, 0.4) is 0 Å². The van der Waals surface area contributed by atoms with Crippen molar-refractivity contribution in [3.05, 3.63) is 40.1 Å². The molecule has 0 radical (unpaired) electrons. The van der Waals surface area contributed by atoms with E-state index in [2.05, 4.69) is 31.5 Å². The van der Waals surface area contributed by atoms with Crippen molar-refractivity contribution < 1.29 is 9.26 Å². The van der Waals surface area contributed by atoms with Crippen LogP contribution in [-0.2, 0) is 11.3 Å². The number of H-pyrrole nitrogens is 1. The molecule has 1 aliphatic heterocycles. The Balaban J connectivity index is 1.48. The largest absolute Gasteiger partial charge is 0.439 e. The highest BCUT2D eigenvalue weighted by Crippen LogP contribution is 2.37. The van der Waals surface area contributed by atoms with E-state index in [1.807, 2.05) is 19.1 Å². The van der Waals surface area contributed by atoms with Gasteiger partial charge in [0.2, 0.25) is 11.8 Å². The van der Waals surface area contributed by atoms with E-state index in [1.165, 1.54) is 25.7 Å². The maximum absolute atomic E-state index is 11.7. The average molecular weight is 552 g/mol. The highest BCUT2D eigenvalue weighted by molar-refractivity contribution is 6.30. The third-order valence-electron chi connectivity index (χ3n) is 8.09. The fourth-order valence-electron chi connectivity index (χ4n) is 6.01. The van der Waals surface area contributed by atoms with Gasteiger partial charge in [-0.1, -0.05) is 49.4 Å². The smallest absolute Gasteiger partial charge is 0.377 e. The zero-order valence-corrected chi connectivity index (χ0v) is 23.2. The molecule has 5 heterocycles. The van der Waals surface area contributed by atoms with Crippen molar-refractivity contribution in [2.24, 2.45) is 11.8 Å². The van der Waals surface area contributed by atoms with Crippen LogP contribution in [0, 0.1) is 11.8 Å². The number of nitrogens with zero attached hydrogens (tertiary/aromatic N) is 6. The Bertz CT molecular complexity index is 1500. The Kier molecular flexibility index (Phi) is 7.40. The Hall–Kier alpha value is -3.24. The van der Waals surface area contributed by atoms with Crippen LogP contribution >= 0.6 is 11.6 Å². The van der Waals surface area contributed by atoms with E-state index in [0.717, 1.165) is 60.9 Å². The predicted octanol–water partition coefficient (Wildman–Crippen LogP) is 5.32. The number of pyridine rings is 2. The number of nitrogens with one attached hydrogen (secondary N) is 1. The van der Waals surface area contributed by atoms with Gasteiger partial charge in [0, 0.05) is 44.2 Å². The number of aryl methyl sites for hydroxylation is 1. The third-order valence-corrected chi connectivity index (χ3v) is 8.30. The number of rotatable bonds is 8. The summed E-state index contributed by atoms with van der Waals surface area (Å²) in [7, 11) is 0. The lowest BCUT2D eigenvalue weighted by atomic mass is 9.81. The normalized spacial score (nSPS) is 21.7. The van der Waals surface area contributed by atoms with Gasteiger partial charge in [-0.25, -0.2) is 14.8 Å². The summed E-state index contributed by atoms with van der Waals surface area (Å²) in [4.78, 5) is 31.1. The predicted molar refractivity (Wildman–Crippen MR) is 150 cm³/mol. The van der Waals surface area contributed by atoms with Crippen molar-refractivity contribution in [2.75, 3.05) is 24.6 Å². The van der Waals surface area contributed by atoms with Crippen LogP contribution in [0.4, 0.5) is 5.95 Å². The molecular weight excluding hydrogens is 518 g/mol. The molecule has 4 aromatic heterocycles.